The molecule has 0 aliphatic carbocycles. The van der Waals surface area contributed by atoms with Gasteiger partial charge in [0.25, 0.3) is 0 Å². The van der Waals surface area contributed by atoms with Crippen molar-refractivity contribution in [2.45, 2.75) is 6.54 Å². The summed E-state index contributed by atoms with van der Waals surface area (Å²) >= 11 is 17.2. The van der Waals surface area contributed by atoms with Crippen LogP contribution in [0.2, 0.25) is 10.0 Å². The van der Waals surface area contributed by atoms with Gasteiger partial charge >= 0.3 is 0 Å². The molecule has 0 fully saturated rings. The molecule has 1 heterocycles. The topological polar surface area (TPSA) is 30.9 Å². The molecule has 0 spiro atoms. The predicted molar refractivity (Wildman–Crippen MR) is 93.4 cm³/mol. The minimum Gasteiger partial charge on any atom is -0.389 e. The van der Waals surface area contributed by atoms with Crippen LogP contribution in [-0.4, -0.2) is 9.56 Å². The van der Waals surface area contributed by atoms with Crippen molar-refractivity contribution in [2.24, 2.45) is 5.73 Å². The van der Waals surface area contributed by atoms with Gasteiger partial charge in [-0.1, -0.05) is 41.5 Å². The van der Waals surface area contributed by atoms with E-state index >= 15 is 0 Å². The molecule has 3 aromatic rings. The van der Waals surface area contributed by atoms with Gasteiger partial charge in [0.1, 0.15) is 4.99 Å². The third-order valence-electron chi connectivity index (χ3n) is 3.41. The summed E-state index contributed by atoms with van der Waals surface area (Å²) < 4.78 is 2.13. The van der Waals surface area contributed by atoms with E-state index in [2.05, 4.69) is 4.57 Å². The zero-order chi connectivity index (χ0) is 15.0. The quantitative estimate of drug-likeness (QED) is 0.708. The molecule has 0 amide bonds. The van der Waals surface area contributed by atoms with Gasteiger partial charge in [-0.25, -0.2) is 0 Å². The zero-order valence-electron chi connectivity index (χ0n) is 11.0. The van der Waals surface area contributed by atoms with Crippen LogP contribution in [0, 0.1) is 0 Å². The van der Waals surface area contributed by atoms with Crippen molar-refractivity contribution < 1.29 is 0 Å². The van der Waals surface area contributed by atoms with Crippen LogP contribution in [0.1, 0.15) is 11.1 Å². The highest BCUT2D eigenvalue weighted by atomic mass is 35.5. The Morgan fingerprint density at radius 1 is 1.10 bits per heavy atom. The first kappa shape index (κ1) is 14.4. The third-order valence-corrected chi connectivity index (χ3v) is 4.23. The number of thiocarbonyl (C=S) groups is 1. The Bertz CT molecular complexity index is 839. The van der Waals surface area contributed by atoms with E-state index in [1.165, 1.54) is 0 Å². The van der Waals surface area contributed by atoms with Crippen LogP contribution in [0.25, 0.3) is 10.9 Å². The minimum atomic E-state index is 0.408. The molecule has 2 N–H and O–H groups in total. The van der Waals surface area contributed by atoms with Crippen LogP contribution >= 0.6 is 35.4 Å². The first-order valence-corrected chi connectivity index (χ1v) is 7.53. The van der Waals surface area contributed by atoms with E-state index in [1.54, 1.807) is 6.07 Å². The number of benzene rings is 2. The molecule has 0 unspecified atom stereocenters. The Morgan fingerprint density at radius 2 is 1.90 bits per heavy atom. The molecule has 0 aliphatic rings. The predicted octanol–water partition coefficient (Wildman–Crippen LogP) is 4.63. The maximum atomic E-state index is 6.23. The SMILES string of the molecule is NC(=S)c1ccc2c(ccn2Cc2ccc(Cl)cc2Cl)c1. The fraction of sp³-hybridized carbons (Fsp3) is 0.0625. The number of hydrogen-bond acceptors (Lipinski definition) is 1. The van der Waals surface area contributed by atoms with Crippen molar-refractivity contribution in [1.82, 2.24) is 4.57 Å². The van der Waals surface area contributed by atoms with Crippen molar-refractivity contribution in [3.8, 4) is 0 Å². The molecule has 21 heavy (non-hydrogen) atoms. The summed E-state index contributed by atoms with van der Waals surface area (Å²) in [6.07, 6.45) is 2.03. The number of nitrogens with two attached hydrogens (primary N) is 1. The van der Waals surface area contributed by atoms with Gasteiger partial charge in [-0.05, 0) is 42.0 Å². The smallest absolute Gasteiger partial charge is 0.104 e. The molecule has 0 bridgehead atoms. The molecule has 1 aromatic heterocycles. The summed E-state index contributed by atoms with van der Waals surface area (Å²) in [5.41, 5.74) is 8.68. The van der Waals surface area contributed by atoms with Gasteiger partial charge in [-0.15, -0.1) is 0 Å². The Kier molecular flexibility index (Phi) is 3.89. The van der Waals surface area contributed by atoms with Crippen LogP contribution in [0.15, 0.2) is 48.7 Å². The highest BCUT2D eigenvalue weighted by Crippen LogP contribution is 2.24. The summed E-state index contributed by atoms with van der Waals surface area (Å²) in [6, 6.07) is 13.5. The Balaban J connectivity index is 1.99. The fourth-order valence-electron chi connectivity index (χ4n) is 2.32. The van der Waals surface area contributed by atoms with E-state index in [4.69, 9.17) is 41.2 Å². The highest BCUT2D eigenvalue weighted by Gasteiger charge is 2.07. The average Bonchev–Trinajstić information content (AvgIpc) is 2.84. The second-order valence-electron chi connectivity index (χ2n) is 4.82. The summed E-state index contributed by atoms with van der Waals surface area (Å²) in [4.78, 5) is 0.408. The fourth-order valence-corrected chi connectivity index (χ4v) is 2.92. The normalized spacial score (nSPS) is 11.0. The van der Waals surface area contributed by atoms with E-state index in [9.17, 15) is 0 Å². The summed E-state index contributed by atoms with van der Waals surface area (Å²) in [5.74, 6) is 0. The summed E-state index contributed by atoms with van der Waals surface area (Å²) in [7, 11) is 0. The van der Waals surface area contributed by atoms with Gasteiger partial charge in [0.05, 0.1) is 0 Å². The number of nitrogens with zero attached hydrogens (tertiary/aromatic N) is 1. The molecule has 0 aliphatic heterocycles. The number of halogens is 2. The second-order valence-corrected chi connectivity index (χ2v) is 6.10. The van der Waals surface area contributed by atoms with Gasteiger partial charge in [-0.3, -0.25) is 0 Å². The van der Waals surface area contributed by atoms with E-state index in [0.29, 0.717) is 21.6 Å². The lowest BCUT2D eigenvalue weighted by Gasteiger charge is -2.08. The molecular formula is C16H12Cl2N2S. The van der Waals surface area contributed by atoms with E-state index in [-0.39, 0.29) is 0 Å². The van der Waals surface area contributed by atoms with Crippen LogP contribution in [0.3, 0.4) is 0 Å². The largest absolute Gasteiger partial charge is 0.389 e. The lowest BCUT2D eigenvalue weighted by molar-refractivity contribution is 0.837. The van der Waals surface area contributed by atoms with Crippen LogP contribution in [0.4, 0.5) is 0 Å². The van der Waals surface area contributed by atoms with E-state index in [1.807, 2.05) is 42.6 Å². The first-order valence-electron chi connectivity index (χ1n) is 6.37. The average molecular weight is 335 g/mol. The Labute approximate surface area is 138 Å². The van der Waals surface area contributed by atoms with Crippen molar-refractivity contribution in [3.63, 3.8) is 0 Å². The van der Waals surface area contributed by atoms with Crippen LogP contribution in [0.5, 0.6) is 0 Å². The van der Waals surface area contributed by atoms with Crippen molar-refractivity contribution >= 4 is 51.3 Å². The Hall–Kier alpha value is -1.55. The van der Waals surface area contributed by atoms with Gasteiger partial charge in [0, 0.05) is 39.3 Å². The molecule has 2 nitrogen and oxygen atoms in total. The number of fused-ring (bicyclic) bond motifs is 1. The van der Waals surface area contributed by atoms with E-state index < -0.39 is 0 Å². The summed E-state index contributed by atoms with van der Waals surface area (Å²) in [5, 5.41) is 2.41. The van der Waals surface area contributed by atoms with Crippen molar-refractivity contribution in [1.29, 1.82) is 0 Å². The van der Waals surface area contributed by atoms with Gasteiger partial charge in [0.2, 0.25) is 0 Å². The molecular weight excluding hydrogens is 323 g/mol. The third kappa shape index (κ3) is 2.91. The van der Waals surface area contributed by atoms with Crippen molar-refractivity contribution in [3.05, 3.63) is 69.8 Å². The lowest BCUT2D eigenvalue weighted by atomic mass is 10.1. The van der Waals surface area contributed by atoms with Crippen molar-refractivity contribution in [2.75, 3.05) is 0 Å². The molecule has 0 atom stereocenters. The maximum Gasteiger partial charge on any atom is 0.104 e. The number of rotatable bonds is 3. The maximum absolute atomic E-state index is 6.23. The molecule has 5 heteroatoms. The molecule has 106 valence electrons. The standard InChI is InChI=1S/C16H12Cl2N2S/c17-13-3-1-12(14(18)8-13)9-20-6-5-10-7-11(16(19)21)2-4-15(10)20/h1-8H,9H2,(H2,19,21). The molecule has 0 saturated heterocycles. The minimum absolute atomic E-state index is 0.408. The molecule has 2 aromatic carbocycles. The van der Waals surface area contributed by atoms with Gasteiger partial charge in [-0.2, -0.15) is 0 Å². The number of hydrogen-bond donors (Lipinski definition) is 1. The summed E-state index contributed by atoms with van der Waals surface area (Å²) in [6.45, 7) is 0.686. The monoisotopic (exact) mass is 334 g/mol. The molecule has 0 saturated carbocycles. The van der Waals surface area contributed by atoms with Gasteiger partial charge < -0.3 is 10.3 Å². The lowest BCUT2D eigenvalue weighted by Crippen LogP contribution is -2.08. The number of aromatic nitrogens is 1. The van der Waals surface area contributed by atoms with Gasteiger partial charge in [0.15, 0.2) is 0 Å². The van der Waals surface area contributed by atoms with Crippen LogP contribution < -0.4 is 5.73 Å². The van der Waals surface area contributed by atoms with E-state index in [0.717, 1.165) is 22.0 Å². The molecule has 3 rings (SSSR count). The molecule has 0 radical (unpaired) electrons. The Morgan fingerprint density at radius 3 is 2.62 bits per heavy atom. The first-order chi connectivity index (χ1) is 10.0. The highest BCUT2D eigenvalue weighted by molar-refractivity contribution is 7.80. The zero-order valence-corrected chi connectivity index (χ0v) is 13.3. The second kappa shape index (κ2) is 5.68. The van der Waals surface area contributed by atoms with Crippen LogP contribution in [-0.2, 0) is 6.54 Å².